The van der Waals surface area contributed by atoms with Crippen molar-refractivity contribution >= 4 is 11.7 Å². The molecule has 0 fully saturated rings. The molecule has 1 N–H and O–H groups in total. The van der Waals surface area contributed by atoms with E-state index in [1.165, 1.54) is 25.2 Å². The lowest BCUT2D eigenvalue weighted by atomic mass is 9.98. The highest BCUT2D eigenvalue weighted by Crippen LogP contribution is 2.28. The third-order valence-electron chi connectivity index (χ3n) is 5.61. The van der Waals surface area contributed by atoms with E-state index in [0.29, 0.717) is 23.6 Å². The predicted molar refractivity (Wildman–Crippen MR) is 116 cm³/mol. The van der Waals surface area contributed by atoms with Crippen LogP contribution in [0.5, 0.6) is 11.5 Å². The minimum Gasteiger partial charge on any atom is -0.493 e. The highest BCUT2D eigenvalue weighted by molar-refractivity contribution is 5.94. The molecular weight excluding hydrogens is 380 g/mol. The number of fused-ring (bicyclic) bond motifs is 1. The first-order chi connectivity index (χ1) is 14.5. The molecule has 6 nitrogen and oxygen atoms in total. The second-order valence-corrected chi connectivity index (χ2v) is 7.57. The molecule has 6 heteroatoms. The van der Waals surface area contributed by atoms with Crippen molar-refractivity contribution in [1.82, 2.24) is 10.2 Å². The van der Waals surface area contributed by atoms with E-state index in [4.69, 9.17) is 9.47 Å². The van der Waals surface area contributed by atoms with Crippen molar-refractivity contribution in [3.63, 3.8) is 0 Å². The van der Waals surface area contributed by atoms with Crippen molar-refractivity contribution in [2.24, 2.45) is 0 Å². The molecule has 0 spiro atoms. The summed E-state index contributed by atoms with van der Waals surface area (Å²) in [5.74, 6) is 0.651. The van der Waals surface area contributed by atoms with Gasteiger partial charge >= 0.3 is 0 Å². The van der Waals surface area contributed by atoms with Gasteiger partial charge in [-0.2, -0.15) is 0 Å². The molecule has 2 aromatic rings. The minimum absolute atomic E-state index is 0.0523. The second kappa shape index (κ2) is 10.3. The van der Waals surface area contributed by atoms with Crippen LogP contribution in [-0.4, -0.2) is 49.4 Å². The Morgan fingerprint density at radius 2 is 1.90 bits per heavy atom. The van der Waals surface area contributed by atoms with Crippen LogP contribution in [0.1, 0.15) is 41.8 Å². The zero-order valence-electron chi connectivity index (χ0n) is 17.9. The first-order valence-electron chi connectivity index (χ1n) is 10.4. The van der Waals surface area contributed by atoms with Gasteiger partial charge in [0, 0.05) is 31.2 Å². The quantitative estimate of drug-likeness (QED) is 0.643. The van der Waals surface area contributed by atoms with Crippen LogP contribution in [0.2, 0.25) is 0 Å². The fourth-order valence-corrected chi connectivity index (χ4v) is 3.79. The number of ketones is 1. The lowest BCUT2D eigenvalue weighted by Gasteiger charge is -2.35. The van der Waals surface area contributed by atoms with Crippen molar-refractivity contribution in [2.75, 3.05) is 26.8 Å². The number of amides is 1. The Morgan fingerprint density at radius 3 is 2.60 bits per heavy atom. The molecule has 0 aliphatic carbocycles. The summed E-state index contributed by atoms with van der Waals surface area (Å²) in [4.78, 5) is 26.3. The van der Waals surface area contributed by atoms with Gasteiger partial charge in [-0.15, -0.1) is 0 Å². The molecule has 30 heavy (non-hydrogen) atoms. The number of hydrogen-bond acceptors (Lipinski definition) is 5. The number of nitrogens with zero attached hydrogens (tertiary/aromatic N) is 1. The van der Waals surface area contributed by atoms with Crippen molar-refractivity contribution in [3.8, 4) is 11.5 Å². The van der Waals surface area contributed by atoms with Crippen molar-refractivity contribution < 1.29 is 19.1 Å². The molecule has 0 radical (unpaired) electrons. The SMILES string of the molecule is CC[C@H](CNC(=O)COc1ccc(C(C)=O)cc1OC)N1CCc2ccccc2C1. The van der Waals surface area contributed by atoms with Crippen LogP contribution in [0.25, 0.3) is 0 Å². The smallest absolute Gasteiger partial charge is 0.257 e. The molecule has 2 aromatic carbocycles. The Bertz CT molecular complexity index is 897. The van der Waals surface area contributed by atoms with Gasteiger partial charge in [-0.3, -0.25) is 14.5 Å². The monoisotopic (exact) mass is 410 g/mol. The Labute approximate surface area is 178 Å². The van der Waals surface area contributed by atoms with Crippen LogP contribution < -0.4 is 14.8 Å². The van der Waals surface area contributed by atoms with Crippen LogP contribution in [-0.2, 0) is 17.8 Å². The first kappa shape index (κ1) is 21.8. The van der Waals surface area contributed by atoms with Crippen LogP contribution in [0, 0.1) is 0 Å². The van der Waals surface area contributed by atoms with Gasteiger partial charge in [-0.05, 0) is 49.1 Å². The number of nitrogens with one attached hydrogen (secondary N) is 1. The third-order valence-corrected chi connectivity index (χ3v) is 5.61. The van der Waals surface area contributed by atoms with Crippen molar-refractivity contribution in [3.05, 3.63) is 59.2 Å². The summed E-state index contributed by atoms with van der Waals surface area (Å²) < 4.78 is 10.9. The molecule has 1 amide bonds. The maximum absolute atomic E-state index is 12.3. The summed E-state index contributed by atoms with van der Waals surface area (Å²) in [5.41, 5.74) is 3.33. The van der Waals surface area contributed by atoms with E-state index in [2.05, 4.69) is 41.4 Å². The highest BCUT2D eigenvalue weighted by atomic mass is 16.5. The fourth-order valence-electron chi connectivity index (χ4n) is 3.79. The molecule has 1 atom stereocenters. The summed E-state index contributed by atoms with van der Waals surface area (Å²) in [6.07, 6.45) is 2.00. The van der Waals surface area contributed by atoms with Gasteiger partial charge < -0.3 is 14.8 Å². The average Bonchev–Trinajstić information content (AvgIpc) is 2.77. The van der Waals surface area contributed by atoms with E-state index >= 15 is 0 Å². The lowest BCUT2D eigenvalue weighted by molar-refractivity contribution is -0.123. The zero-order valence-corrected chi connectivity index (χ0v) is 17.9. The summed E-state index contributed by atoms with van der Waals surface area (Å²) in [7, 11) is 1.51. The Balaban J connectivity index is 1.51. The molecule has 3 rings (SSSR count). The van der Waals surface area contributed by atoms with Crippen LogP contribution in [0.4, 0.5) is 0 Å². The second-order valence-electron chi connectivity index (χ2n) is 7.57. The van der Waals surface area contributed by atoms with E-state index in [9.17, 15) is 9.59 Å². The van der Waals surface area contributed by atoms with E-state index in [1.807, 2.05) is 0 Å². The summed E-state index contributed by atoms with van der Waals surface area (Å²) in [6, 6.07) is 13.8. The number of methoxy groups -OCH3 is 1. The summed E-state index contributed by atoms with van der Waals surface area (Å²) in [5, 5.41) is 2.99. The van der Waals surface area contributed by atoms with Crippen molar-refractivity contribution in [2.45, 2.75) is 39.3 Å². The molecule has 160 valence electrons. The molecule has 0 saturated carbocycles. The normalized spacial score (nSPS) is 14.5. The maximum atomic E-state index is 12.3. The van der Waals surface area contributed by atoms with Crippen LogP contribution in [0.15, 0.2) is 42.5 Å². The molecule has 0 saturated heterocycles. The number of hydrogen-bond donors (Lipinski definition) is 1. The number of carbonyl (C=O) groups excluding carboxylic acids is 2. The van der Waals surface area contributed by atoms with E-state index in [1.54, 1.807) is 18.2 Å². The highest BCUT2D eigenvalue weighted by Gasteiger charge is 2.22. The number of Topliss-reactive ketones (excluding diaryl/α,β-unsaturated/α-hetero) is 1. The Morgan fingerprint density at radius 1 is 1.13 bits per heavy atom. The van der Waals surface area contributed by atoms with Gasteiger partial charge in [0.1, 0.15) is 0 Å². The average molecular weight is 411 g/mol. The van der Waals surface area contributed by atoms with Gasteiger partial charge in [-0.1, -0.05) is 31.2 Å². The first-order valence-corrected chi connectivity index (χ1v) is 10.4. The number of ether oxygens (including phenoxy) is 2. The standard InChI is InChI=1S/C24H30N2O4/c1-4-21(26-12-11-18-7-5-6-8-20(18)15-26)14-25-24(28)16-30-22-10-9-19(17(2)27)13-23(22)29-3/h5-10,13,21H,4,11-12,14-16H2,1-3H3,(H,25,28)/t21-/m1/s1. The largest absolute Gasteiger partial charge is 0.493 e. The number of rotatable bonds is 9. The van der Waals surface area contributed by atoms with Crippen LogP contribution in [0.3, 0.4) is 0 Å². The number of benzene rings is 2. The van der Waals surface area contributed by atoms with Crippen LogP contribution >= 0.6 is 0 Å². The molecule has 0 aromatic heterocycles. The molecule has 1 heterocycles. The summed E-state index contributed by atoms with van der Waals surface area (Å²) in [6.45, 7) is 6.04. The topological polar surface area (TPSA) is 67.9 Å². The van der Waals surface area contributed by atoms with Gasteiger partial charge in [0.25, 0.3) is 5.91 Å². The number of carbonyl (C=O) groups is 2. The minimum atomic E-state index is -0.177. The summed E-state index contributed by atoms with van der Waals surface area (Å²) >= 11 is 0. The Hall–Kier alpha value is -2.86. The van der Waals surface area contributed by atoms with Crippen molar-refractivity contribution in [1.29, 1.82) is 0 Å². The van der Waals surface area contributed by atoms with Gasteiger partial charge in [0.2, 0.25) is 0 Å². The molecule has 0 bridgehead atoms. The lowest BCUT2D eigenvalue weighted by Crippen LogP contribution is -2.46. The van der Waals surface area contributed by atoms with E-state index in [-0.39, 0.29) is 24.3 Å². The molecule has 0 unspecified atom stereocenters. The van der Waals surface area contributed by atoms with E-state index in [0.717, 1.165) is 25.9 Å². The van der Waals surface area contributed by atoms with Gasteiger partial charge in [0.05, 0.1) is 7.11 Å². The fraction of sp³-hybridized carbons (Fsp3) is 0.417. The predicted octanol–water partition coefficient (Wildman–Crippen LogP) is 3.23. The van der Waals surface area contributed by atoms with Gasteiger partial charge in [0.15, 0.2) is 23.9 Å². The Kier molecular flexibility index (Phi) is 7.46. The molecule has 1 aliphatic heterocycles. The van der Waals surface area contributed by atoms with Gasteiger partial charge in [-0.25, -0.2) is 0 Å². The maximum Gasteiger partial charge on any atom is 0.257 e. The zero-order chi connectivity index (χ0) is 21.5. The third kappa shape index (κ3) is 5.39. The van der Waals surface area contributed by atoms with E-state index < -0.39 is 0 Å². The molecular formula is C24H30N2O4. The molecule has 1 aliphatic rings.